The number of nitrogens with one attached hydrogen (secondary N) is 1. The maximum Gasteiger partial charge on any atom is 0.177 e. The van der Waals surface area contributed by atoms with Gasteiger partial charge >= 0.3 is 0 Å². The van der Waals surface area contributed by atoms with E-state index in [4.69, 9.17) is 9.98 Å². The Morgan fingerprint density at radius 1 is 0.946 bits per heavy atom. The summed E-state index contributed by atoms with van der Waals surface area (Å²) in [7, 11) is -3.54. The smallest absolute Gasteiger partial charge is 0.177 e. The molecule has 0 bridgehead atoms. The van der Waals surface area contributed by atoms with Crippen LogP contribution in [0.5, 0.6) is 0 Å². The van der Waals surface area contributed by atoms with E-state index in [-0.39, 0.29) is 4.90 Å². The zero-order valence-corrected chi connectivity index (χ0v) is 23.3. The minimum Gasteiger partial charge on any atom is -0.353 e. The van der Waals surface area contributed by atoms with E-state index in [1.54, 1.807) is 29.7 Å². The lowest BCUT2D eigenvalue weighted by Crippen LogP contribution is -2.06. The van der Waals surface area contributed by atoms with Gasteiger partial charge in [-0.25, -0.2) is 13.4 Å². The highest BCUT2D eigenvalue weighted by atomic mass is 32.2. The lowest BCUT2D eigenvalue weighted by atomic mass is 10.1. The molecule has 0 spiro atoms. The predicted molar refractivity (Wildman–Crippen MR) is 148 cm³/mol. The van der Waals surface area contributed by atoms with Crippen molar-refractivity contribution in [2.75, 3.05) is 11.6 Å². The summed E-state index contributed by atoms with van der Waals surface area (Å²) in [5.41, 5.74) is 8.77. The number of hydrogen-bond donors (Lipinski definition) is 1. The first-order valence-corrected chi connectivity index (χ1v) is 14.6. The van der Waals surface area contributed by atoms with E-state index in [0.717, 1.165) is 61.0 Å². The highest BCUT2D eigenvalue weighted by molar-refractivity contribution is 7.90. The molecule has 1 aromatic carbocycles. The quantitative estimate of drug-likeness (QED) is 0.343. The first kappa shape index (κ1) is 25.2. The van der Waals surface area contributed by atoms with Crippen LogP contribution >= 0.6 is 11.3 Å². The summed E-state index contributed by atoms with van der Waals surface area (Å²) < 4.78 is 25.7. The number of hydrogen-bond acceptors (Lipinski definition) is 9. The first-order valence-electron chi connectivity index (χ1n) is 11.9. The molecule has 3 aromatic heterocycles. The molecule has 0 fully saturated rings. The number of benzene rings is 1. The van der Waals surface area contributed by atoms with Gasteiger partial charge < -0.3 is 5.32 Å². The molecule has 0 saturated carbocycles. The fraction of sp³-hybridized carbons (Fsp3) is 0.296. The van der Waals surface area contributed by atoms with E-state index in [9.17, 15) is 8.42 Å². The molecule has 0 atom stereocenters. The van der Waals surface area contributed by atoms with E-state index in [2.05, 4.69) is 20.3 Å². The number of thiazole rings is 1. The van der Waals surface area contributed by atoms with Gasteiger partial charge in [-0.2, -0.15) is 0 Å². The number of aryl methyl sites for hydroxylation is 4. The molecule has 8 nitrogen and oxygen atoms in total. The Labute approximate surface area is 220 Å². The molecule has 10 heteroatoms. The second-order valence-corrected chi connectivity index (χ2v) is 12.8. The van der Waals surface area contributed by atoms with Crippen LogP contribution in [0.3, 0.4) is 0 Å². The fourth-order valence-corrected chi connectivity index (χ4v) is 6.14. The van der Waals surface area contributed by atoms with Gasteiger partial charge in [0.05, 0.1) is 49.7 Å². The maximum absolute atomic E-state index is 12.9. The summed E-state index contributed by atoms with van der Waals surface area (Å²) in [6.07, 6.45) is 4.15. The number of sulfone groups is 1. The largest absolute Gasteiger partial charge is 0.353 e. The monoisotopic (exact) mass is 532 g/mol. The van der Waals surface area contributed by atoms with Crippen LogP contribution < -0.4 is 5.32 Å². The van der Waals surface area contributed by atoms with Gasteiger partial charge in [0.2, 0.25) is 0 Å². The number of aromatic nitrogens is 4. The van der Waals surface area contributed by atoms with E-state index in [1.807, 2.05) is 46.8 Å². The molecular formula is C27H28N6O2S2. The molecular weight excluding hydrogens is 504 g/mol. The summed E-state index contributed by atoms with van der Waals surface area (Å²) in [6.45, 7) is 9.78. The van der Waals surface area contributed by atoms with Crippen LogP contribution in [0.15, 0.2) is 40.4 Å². The molecule has 0 amide bonds. The minimum atomic E-state index is -3.54. The van der Waals surface area contributed by atoms with Gasteiger partial charge in [0.15, 0.2) is 9.84 Å². The number of nitrogens with zero attached hydrogens (tertiary/aromatic N) is 5. The lowest BCUT2D eigenvalue weighted by Gasteiger charge is -2.16. The van der Waals surface area contributed by atoms with Gasteiger partial charge in [0.25, 0.3) is 0 Å². The number of rotatable bonds is 6. The molecule has 1 aliphatic heterocycles. The molecule has 4 aromatic rings. The standard InChI is InChI=1S/C27H28N6O2S2/c1-14-9-23-27(29-14)24(12-20(32-23)11-21-13-28-15(2)16(3)30-21)33-22-8-7-19(10-25(22)37(6,34)35)26-17(4)36-18(5)31-26/h7-8,10,12-13H,9,11H2,1-6H3,(H,32,33). The summed E-state index contributed by atoms with van der Waals surface area (Å²) in [4.78, 5) is 24.5. The number of aliphatic imine (C=N–C) groups is 1. The van der Waals surface area contributed by atoms with Gasteiger partial charge in [-0.15, -0.1) is 11.3 Å². The van der Waals surface area contributed by atoms with Crippen molar-refractivity contribution < 1.29 is 8.42 Å². The van der Waals surface area contributed by atoms with Crippen LogP contribution in [0.2, 0.25) is 0 Å². The second-order valence-electron chi connectivity index (χ2n) is 9.44. The van der Waals surface area contributed by atoms with Crippen LogP contribution in [-0.2, 0) is 22.7 Å². The number of anilines is 2. The maximum atomic E-state index is 12.9. The zero-order chi connectivity index (χ0) is 26.5. The van der Waals surface area contributed by atoms with Gasteiger partial charge in [0.1, 0.15) is 5.69 Å². The Bertz CT molecular complexity index is 1690. The molecule has 190 valence electrons. The highest BCUT2D eigenvalue weighted by Gasteiger charge is 2.22. The summed E-state index contributed by atoms with van der Waals surface area (Å²) in [5, 5.41) is 4.31. The van der Waals surface area contributed by atoms with Crippen LogP contribution in [-0.4, -0.2) is 40.3 Å². The summed E-state index contributed by atoms with van der Waals surface area (Å²) in [6, 6.07) is 7.32. The highest BCUT2D eigenvalue weighted by Crippen LogP contribution is 2.39. The Morgan fingerprint density at radius 2 is 1.73 bits per heavy atom. The second kappa shape index (κ2) is 9.42. The van der Waals surface area contributed by atoms with E-state index < -0.39 is 9.84 Å². The van der Waals surface area contributed by atoms with Crippen molar-refractivity contribution in [3.8, 4) is 11.3 Å². The van der Waals surface area contributed by atoms with Crippen molar-refractivity contribution in [2.24, 2.45) is 4.99 Å². The summed E-state index contributed by atoms with van der Waals surface area (Å²) >= 11 is 1.59. The van der Waals surface area contributed by atoms with Crippen molar-refractivity contribution in [1.29, 1.82) is 0 Å². The van der Waals surface area contributed by atoms with Crippen molar-refractivity contribution in [1.82, 2.24) is 19.9 Å². The van der Waals surface area contributed by atoms with Crippen molar-refractivity contribution >= 4 is 43.9 Å². The molecule has 1 N–H and O–H groups in total. The third kappa shape index (κ3) is 5.17. The van der Waals surface area contributed by atoms with Gasteiger partial charge in [-0.3, -0.25) is 19.9 Å². The molecule has 0 radical (unpaired) electrons. The Kier molecular flexibility index (Phi) is 6.41. The molecule has 0 aliphatic carbocycles. The lowest BCUT2D eigenvalue weighted by molar-refractivity contribution is 0.602. The summed E-state index contributed by atoms with van der Waals surface area (Å²) in [5.74, 6) is 0. The number of pyridine rings is 1. The van der Waals surface area contributed by atoms with E-state index >= 15 is 0 Å². The molecule has 0 saturated heterocycles. The molecule has 37 heavy (non-hydrogen) atoms. The van der Waals surface area contributed by atoms with Crippen molar-refractivity contribution in [3.63, 3.8) is 0 Å². The third-order valence-corrected chi connectivity index (χ3v) is 8.30. The molecule has 1 aliphatic rings. The average molecular weight is 533 g/mol. The predicted octanol–water partition coefficient (Wildman–Crippen LogP) is 5.62. The molecule has 4 heterocycles. The van der Waals surface area contributed by atoms with Crippen LogP contribution in [0.1, 0.15) is 45.3 Å². The van der Waals surface area contributed by atoms with Crippen LogP contribution in [0, 0.1) is 27.7 Å². The Morgan fingerprint density at radius 3 is 2.41 bits per heavy atom. The Hall–Kier alpha value is -3.50. The van der Waals surface area contributed by atoms with Crippen molar-refractivity contribution in [2.45, 2.75) is 52.4 Å². The van der Waals surface area contributed by atoms with Crippen molar-refractivity contribution in [3.05, 3.63) is 68.8 Å². The topological polar surface area (TPSA) is 110 Å². The Balaban J connectivity index is 1.57. The van der Waals surface area contributed by atoms with Crippen LogP contribution in [0.25, 0.3) is 11.3 Å². The van der Waals surface area contributed by atoms with Gasteiger partial charge in [-0.1, -0.05) is 6.07 Å². The fourth-order valence-electron chi connectivity index (χ4n) is 4.44. The zero-order valence-electron chi connectivity index (χ0n) is 21.7. The third-order valence-electron chi connectivity index (χ3n) is 6.28. The molecule has 5 rings (SSSR count). The van der Waals surface area contributed by atoms with Crippen LogP contribution in [0.4, 0.5) is 17.1 Å². The minimum absolute atomic E-state index is 0.209. The first-order chi connectivity index (χ1) is 17.5. The van der Waals surface area contributed by atoms with E-state index in [0.29, 0.717) is 24.2 Å². The molecule has 0 unspecified atom stereocenters. The van der Waals surface area contributed by atoms with Gasteiger partial charge in [-0.05, 0) is 52.8 Å². The van der Waals surface area contributed by atoms with E-state index in [1.165, 1.54) is 6.26 Å². The normalized spacial score (nSPS) is 13.0. The number of fused-ring (bicyclic) bond motifs is 1. The SMILES string of the molecule is CC1=Nc2c(Nc3ccc(-c4nc(C)sc4C)cc3S(C)(=O)=O)cc(Cc3cnc(C)c(C)n3)nc2C1. The van der Waals surface area contributed by atoms with Gasteiger partial charge in [0, 0.05) is 47.1 Å². The average Bonchev–Trinajstić information content (AvgIpc) is 3.36.